The van der Waals surface area contributed by atoms with Crippen LogP contribution in [0, 0.1) is 0 Å². The summed E-state index contributed by atoms with van der Waals surface area (Å²) in [7, 11) is 0. The molecule has 0 radical (unpaired) electrons. The third kappa shape index (κ3) is 1.05. The quantitative estimate of drug-likeness (QED) is 0.296. The van der Waals surface area contributed by atoms with Crippen LogP contribution in [0.25, 0.3) is 5.53 Å². The second kappa shape index (κ2) is 2.45. The number of nitrogens with one attached hydrogen (secondary N) is 1. The molecule has 0 saturated carbocycles. The molecule has 0 aliphatic heterocycles. The van der Waals surface area contributed by atoms with E-state index in [2.05, 4.69) is 24.3 Å². The van der Waals surface area contributed by atoms with Crippen molar-refractivity contribution in [3.05, 3.63) is 5.53 Å². The third-order valence-electron chi connectivity index (χ3n) is 0.474. The van der Waals surface area contributed by atoms with Gasteiger partial charge in [0, 0.05) is 0 Å². The Morgan fingerprint density at radius 3 is 3.12 bits per heavy atom. The molecule has 0 spiro atoms. The zero-order chi connectivity index (χ0) is 5.82. The van der Waals surface area contributed by atoms with Crippen LogP contribution in [0.15, 0.2) is 0 Å². The van der Waals surface area contributed by atoms with Gasteiger partial charge in [0.25, 0.3) is 0 Å². The third-order valence-corrected chi connectivity index (χ3v) is 1.46. The minimum atomic E-state index is -0.616. The second-order valence-electron chi connectivity index (χ2n) is 0.914. The van der Waals surface area contributed by atoms with E-state index in [9.17, 15) is 0 Å². The van der Waals surface area contributed by atoms with Crippen molar-refractivity contribution in [2.45, 2.75) is 0 Å². The summed E-state index contributed by atoms with van der Waals surface area (Å²) in [6.45, 7) is 0. The molecule has 0 atom stereocenters. The van der Waals surface area contributed by atoms with Crippen molar-refractivity contribution in [3.63, 3.8) is 0 Å². The molecule has 0 bridgehead atoms. The van der Waals surface area contributed by atoms with Crippen LogP contribution in [-0.4, -0.2) is 36.2 Å². The first-order valence-electron chi connectivity index (χ1n) is 1.72. The monoisotopic (exact) mass is 172 g/mol. The fourth-order valence-electron chi connectivity index (χ4n) is 0.239. The maximum atomic E-state index is 7.99. The van der Waals surface area contributed by atoms with Gasteiger partial charge in [-0.3, -0.25) is 0 Å². The van der Waals surface area contributed by atoms with Crippen molar-refractivity contribution in [3.8, 4) is 0 Å². The van der Waals surface area contributed by atoms with Crippen molar-refractivity contribution in [2.24, 2.45) is 0 Å². The summed E-state index contributed by atoms with van der Waals surface area (Å²) in [6.07, 6.45) is 0. The van der Waals surface area contributed by atoms with Gasteiger partial charge < -0.3 is 0 Å². The molecule has 1 aromatic rings. The first-order valence-corrected chi connectivity index (χ1v) is 3.50. The molecule has 7 heteroatoms. The van der Waals surface area contributed by atoms with Gasteiger partial charge in [0.1, 0.15) is 0 Å². The first kappa shape index (κ1) is 5.28. The summed E-state index contributed by atoms with van der Waals surface area (Å²) in [5, 5.41) is 12.5. The Hall–Kier alpha value is -0.862. The van der Waals surface area contributed by atoms with Crippen molar-refractivity contribution in [1.29, 1.82) is 0 Å². The Kier molecular flexibility index (Phi) is 1.61. The molecule has 0 aliphatic rings. The van der Waals surface area contributed by atoms with E-state index in [-0.39, 0.29) is 0 Å². The molecule has 1 heterocycles. The number of aromatic nitrogens is 4. The van der Waals surface area contributed by atoms with Crippen LogP contribution >= 0.6 is 0 Å². The van der Waals surface area contributed by atoms with Gasteiger partial charge in [-0.25, -0.2) is 0 Å². The standard InChI is InChI=1S/CHAsN6/c3-6-2-1-4-7-8-5-1/h(H,4,5,7,8). The molecule has 8 heavy (non-hydrogen) atoms. The Balaban J connectivity index is 2.93. The van der Waals surface area contributed by atoms with E-state index in [1.807, 2.05) is 0 Å². The number of rotatable bonds is 1. The summed E-state index contributed by atoms with van der Waals surface area (Å²) in [5.41, 5.74) is 7.99. The van der Waals surface area contributed by atoms with Crippen LogP contribution < -0.4 is 8.27 Å². The summed E-state index contributed by atoms with van der Waals surface area (Å²) >= 11 is -0.616. The van der Waals surface area contributed by atoms with Gasteiger partial charge in [0.05, 0.1) is 0 Å². The van der Waals surface area contributed by atoms with Crippen molar-refractivity contribution >= 4 is 20.2 Å². The zero-order valence-electron chi connectivity index (χ0n) is 3.68. The topological polar surface area (TPSA) is 90.9 Å². The predicted molar refractivity (Wildman–Crippen MR) is 25.1 cm³/mol. The van der Waals surface area contributed by atoms with Crippen LogP contribution in [-0.2, 0) is 0 Å². The van der Waals surface area contributed by atoms with E-state index in [0.29, 0.717) is 4.61 Å². The van der Waals surface area contributed by atoms with Gasteiger partial charge in [-0.2, -0.15) is 0 Å². The van der Waals surface area contributed by atoms with Crippen LogP contribution in [0.1, 0.15) is 0 Å². The summed E-state index contributed by atoms with van der Waals surface area (Å²) in [4.78, 5) is 0. The van der Waals surface area contributed by atoms with Gasteiger partial charge in [-0.05, 0) is 0 Å². The van der Waals surface area contributed by atoms with Crippen molar-refractivity contribution < 1.29 is 0 Å². The zero-order valence-corrected chi connectivity index (χ0v) is 5.56. The second-order valence-corrected chi connectivity index (χ2v) is 2.60. The van der Waals surface area contributed by atoms with Crippen molar-refractivity contribution in [2.75, 3.05) is 0 Å². The van der Waals surface area contributed by atoms with E-state index < -0.39 is 15.6 Å². The molecule has 0 aliphatic carbocycles. The Morgan fingerprint density at radius 2 is 2.62 bits per heavy atom. The van der Waals surface area contributed by atoms with E-state index in [0.717, 1.165) is 0 Å². The maximum absolute atomic E-state index is 7.99. The summed E-state index contributed by atoms with van der Waals surface area (Å²) in [6, 6.07) is 0. The Labute approximate surface area is 50.7 Å². The van der Waals surface area contributed by atoms with Gasteiger partial charge >= 0.3 is 50.0 Å². The van der Waals surface area contributed by atoms with Gasteiger partial charge in [0.15, 0.2) is 0 Å². The molecular weight excluding hydrogens is 171 g/mol. The van der Waals surface area contributed by atoms with Gasteiger partial charge in [-0.15, -0.1) is 0 Å². The van der Waals surface area contributed by atoms with E-state index in [1.54, 1.807) is 0 Å². The Bertz CT molecular complexity index is 194. The molecule has 40 valence electrons. The molecular formula is CHAsN6. The van der Waals surface area contributed by atoms with Crippen LogP contribution in [0.2, 0.25) is 0 Å². The van der Waals surface area contributed by atoms with Crippen LogP contribution in [0.5, 0.6) is 0 Å². The van der Waals surface area contributed by atoms with Crippen LogP contribution in [0.4, 0.5) is 0 Å². The van der Waals surface area contributed by atoms with E-state index in [1.165, 1.54) is 0 Å². The molecule has 1 N–H and O–H groups in total. The Morgan fingerprint density at radius 1 is 1.75 bits per heavy atom. The molecule has 0 unspecified atom stereocenters. The fraction of sp³-hybridized carbons (Fsp3) is 0. The summed E-state index contributed by atoms with van der Waals surface area (Å²) < 4.78 is 3.44. The number of nitrogens with zero attached hydrogens (tertiary/aromatic N) is 5. The number of aromatic amines is 1. The molecule has 1 aromatic heterocycles. The predicted octanol–water partition coefficient (Wildman–Crippen LogP) is -2.20. The minimum absolute atomic E-state index is 0.545. The number of hydrogen-bond acceptors (Lipinski definition) is 3. The normalized spacial score (nSPS) is 9.00. The molecule has 0 fully saturated rings. The van der Waals surface area contributed by atoms with E-state index in [4.69, 9.17) is 5.53 Å². The molecule has 0 amide bonds. The number of hydrogen-bond donors (Lipinski definition) is 1. The van der Waals surface area contributed by atoms with Gasteiger partial charge in [-0.1, -0.05) is 0 Å². The molecule has 6 nitrogen and oxygen atoms in total. The average Bonchev–Trinajstić information content (AvgIpc) is 2.19. The number of tetrazole rings is 1. The van der Waals surface area contributed by atoms with Crippen molar-refractivity contribution in [1.82, 2.24) is 24.3 Å². The average molecular weight is 172 g/mol. The fourth-order valence-corrected chi connectivity index (χ4v) is 0.772. The van der Waals surface area contributed by atoms with Gasteiger partial charge in [0.2, 0.25) is 0 Å². The molecule has 0 aromatic carbocycles. The molecule has 0 saturated heterocycles. The molecule has 1 rings (SSSR count). The number of H-pyrrole nitrogens is 1. The van der Waals surface area contributed by atoms with Crippen LogP contribution in [0.3, 0.4) is 0 Å². The SMILES string of the molecule is [N-]=[N+]=[As]c1nnn[nH]1. The summed E-state index contributed by atoms with van der Waals surface area (Å²) in [5.74, 6) is 0. The van der Waals surface area contributed by atoms with E-state index >= 15 is 0 Å². The first-order chi connectivity index (χ1) is 3.93.